The van der Waals surface area contributed by atoms with Crippen molar-refractivity contribution in [2.75, 3.05) is 26.2 Å². The zero-order valence-corrected chi connectivity index (χ0v) is 11.5. The van der Waals surface area contributed by atoms with Gasteiger partial charge in [-0.1, -0.05) is 13.3 Å². The quantitative estimate of drug-likeness (QED) is 0.797. The second-order valence-electron chi connectivity index (χ2n) is 4.91. The minimum atomic E-state index is 0.0834. The molecule has 1 aliphatic rings. The molecule has 1 fully saturated rings. The van der Waals surface area contributed by atoms with E-state index in [2.05, 4.69) is 32.8 Å². The molecule has 5 heteroatoms. The molecule has 1 aromatic heterocycles. The summed E-state index contributed by atoms with van der Waals surface area (Å²) in [5.41, 5.74) is 0. The van der Waals surface area contributed by atoms with Crippen LogP contribution in [-0.4, -0.2) is 52.0 Å². The second kappa shape index (κ2) is 7.17. The van der Waals surface area contributed by atoms with Crippen LogP contribution in [0.15, 0.2) is 18.5 Å². The Morgan fingerprint density at radius 1 is 1.26 bits per heavy atom. The van der Waals surface area contributed by atoms with Crippen molar-refractivity contribution >= 4 is 0 Å². The van der Waals surface area contributed by atoms with Crippen molar-refractivity contribution in [2.45, 2.75) is 32.4 Å². The maximum absolute atomic E-state index is 9.19. The summed E-state index contributed by atoms with van der Waals surface area (Å²) >= 11 is 0. The van der Waals surface area contributed by atoms with Crippen LogP contribution in [-0.2, 0) is 6.54 Å². The van der Waals surface area contributed by atoms with Gasteiger partial charge in [-0.3, -0.25) is 9.80 Å². The van der Waals surface area contributed by atoms with E-state index in [1.54, 1.807) is 12.4 Å². The zero-order chi connectivity index (χ0) is 13.5. The van der Waals surface area contributed by atoms with Gasteiger partial charge in [0.1, 0.15) is 5.82 Å². The van der Waals surface area contributed by atoms with E-state index in [-0.39, 0.29) is 6.04 Å². The van der Waals surface area contributed by atoms with E-state index in [1.165, 1.54) is 0 Å². The van der Waals surface area contributed by atoms with E-state index in [0.29, 0.717) is 0 Å². The third-order valence-electron chi connectivity index (χ3n) is 3.54. The Morgan fingerprint density at radius 2 is 1.95 bits per heavy atom. The van der Waals surface area contributed by atoms with Crippen LogP contribution in [0.2, 0.25) is 0 Å². The third kappa shape index (κ3) is 3.98. The van der Waals surface area contributed by atoms with Crippen molar-refractivity contribution < 1.29 is 0 Å². The van der Waals surface area contributed by atoms with Crippen LogP contribution < -0.4 is 0 Å². The van der Waals surface area contributed by atoms with Gasteiger partial charge in [-0.05, 0) is 12.5 Å². The number of hydrogen-bond acceptors (Lipinski definition) is 5. The number of aromatic nitrogens is 2. The Labute approximate surface area is 114 Å². The Balaban J connectivity index is 1.81. The molecule has 1 aliphatic heterocycles. The van der Waals surface area contributed by atoms with Gasteiger partial charge >= 0.3 is 0 Å². The lowest BCUT2D eigenvalue weighted by Gasteiger charge is -2.36. The van der Waals surface area contributed by atoms with E-state index in [4.69, 9.17) is 0 Å². The molecule has 102 valence electrons. The lowest BCUT2D eigenvalue weighted by atomic mass is 10.1. The maximum atomic E-state index is 9.19. The van der Waals surface area contributed by atoms with Crippen LogP contribution in [0.1, 0.15) is 25.6 Å². The first-order valence-corrected chi connectivity index (χ1v) is 6.95. The molecule has 0 amide bonds. The highest BCUT2D eigenvalue weighted by molar-refractivity contribution is 4.94. The van der Waals surface area contributed by atoms with Gasteiger partial charge in [0.2, 0.25) is 0 Å². The Bertz CT molecular complexity index is 406. The fraction of sp³-hybridized carbons (Fsp3) is 0.643. The number of rotatable bonds is 5. The standard InChI is InChI=1S/C14H21N5/c1-2-4-13(11-15)19-9-7-18(8-10-19)12-14-16-5-3-6-17-14/h3,5-6,13H,2,4,7-10,12H2,1H3. The Hall–Kier alpha value is -1.51. The van der Waals surface area contributed by atoms with Gasteiger partial charge in [0, 0.05) is 38.6 Å². The van der Waals surface area contributed by atoms with E-state index in [1.807, 2.05) is 6.07 Å². The monoisotopic (exact) mass is 259 g/mol. The average Bonchev–Trinajstić information content (AvgIpc) is 2.47. The van der Waals surface area contributed by atoms with Crippen LogP contribution in [0.25, 0.3) is 0 Å². The summed E-state index contributed by atoms with van der Waals surface area (Å²) in [6.45, 7) is 6.84. The molecule has 0 aromatic carbocycles. The van der Waals surface area contributed by atoms with Crippen LogP contribution in [0.4, 0.5) is 0 Å². The molecule has 2 rings (SSSR count). The van der Waals surface area contributed by atoms with Crippen LogP contribution in [0.3, 0.4) is 0 Å². The molecule has 1 unspecified atom stereocenters. The van der Waals surface area contributed by atoms with Crippen molar-refractivity contribution in [3.05, 3.63) is 24.3 Å². The first-order chi connectivity index (χ1) is 9.33. The number of nitriles is 1. The fourth-order valence-corrected chi connectivity index (χ4v) is 2.45. The maximum Gasteiger partial charge on any atom is 0.142 e. The van der Waals surface area contributed by atoms with E-state index >= 15 is 0 Å². The van der Waals surface area contributed by atoms with Crippen molar-refractivity contribution in [2.24, 2.45) is 0 Å². The van der Waals surface area contributed by atoms with Gasteiger partial charge in [-0.2, -0.15) is 5.26 Å². The lowest BCUT2D eigenvalue weighted by Crippen LogP contribution is -2.49. The minimum Gasteiger partial charge on any atom is -0.293 e. The van der Waals surface area contributed by atoms with E-state index in [0.717, 1.165) is 51.4 Å². The van der Waals surface area contributed by atoms with Gasteiger partial charge in [0.15, 0.2) is 0 Å². The summed E-state index contributed by atoms with van der Waals surface area (Å²) in [7, 11) is 0. The Morgan fingerprint density at radius 3 is 2.53 bits per heavy atom. The SMILES string of the molecule is CCCC(C#N)N1CCN(Cc2ncccn2)CC1. The molecule has 0 bridgehead atoms. The number of hydrogen-bond donors (Lipinski definition) is 0. The number of piperazine rings is 1. The number of nitrogens with zero attached hydrogens (tertiary/aromatic N) is 5. The molecule has 2 heterocycles. The van der Waals surface area contributed by atoms with Crippen molar-refractivity contribution in [3.8, 4) is 6.07 Å². The highest BCUT2D eigenvalue weighted by Crippen LogP contribution is 2.11. The first-order valence-electron chi connectivity index (χ1n) is 6.95. The fourth-order valence-electron chi connectivity index (χ4n) is 2.45. The Kier molecular flexibility index (Phi) is 5.25. The van der Waals surface area contributed by atoms with Gasteiger partial charge in [0.25, 0.3) is 0 Å². The molecular formula is C14H21N5. The molecule has 0 radical (unpaired) electrons. The predicted octanol–water partition coefficient (Wildman–Crippen LogP) is 1.29. The van der Waals surface area contributed by atoms with Gasteiger partial charge in [-0.15, -0.1) is 0 Å². The van der Waals surface area contributed by atoms with Crippen LogP contribution in [0.5, 0.6) is 0 Å². The highest BCUT2D eigenvalue weighted by Gasteiger charge is 2.23. The lowest BCUT2D eigenvalue weighted by molar-refractivity contribution is 0.104. The molecule has 1 atom stereocenters. The van der Waals surface area contributed by atoms with Crippen molar-refractivity contribution in [1.29, 1.82) is 5.26 Å². The van der Waals surface area contributed by atoms with Crippen LogP contribution in [0, 0.1) is 11.3 Å². The average molecular weight is 259 g/mol. The minimum absolute atomic E-state index is 0.0834. The summed E-state index contributed by atoms with van der Waals surface area (Å²) in [5.74, 6) is 0.876. The molecule has 0 aliphatic carbocycles. The summed E-state index contributed by atoms with van der Waals surface area (Å²) in [5, 5.41) is 9.19. The normalized spacial score (nSPS) is 18.9. The summed E-state index contributed by atoms with van der Waals surface area (Å²) in [4.78, 5) is 13.2. The van der Waals surface area contributed by atoms with E-state index in [9.17, 15) is 5.26 Å². The van der Waals surface area contributed by atoms with Gasteiger partial charge < -0.3 is 0 Å². The third-order valence-corrected chi connectivity index (χ3v) is 3.54. The smallest absolute Gasteiger partial charge is 0.142 e. The van der Waals surface area contributed by atoms with Gasteiger partial charge in [-0.25, -0.2) is 9.97 Å². The predicted molar refractivity (Wildman–Crippen MR) is 73.2 cm³/mol. The molecule has 1 saturated heterocycles. The topological polar surface area (TPSA) is 56.1 Å². The largest absolute Gasteiger partial charge is 0.293 e. The zero-order valence-electron chi connectivity index (χ0n) is 11.5. The van der Waals surface area contributed by atoms with E-state index < -0.39 is 0 Å². The summed E-state index contributed by atoms with van der Waals surface area (Å²) in [6, 6.07) is 4.34. The molecule has 0 saturated carbocycles. The summed E-state index contributed by atoms with van der Waals surface area (Å²) in [6.07, 6.45) is 5.60. The molecule has 0 N–H and O–H groups in total. The molecule has 5 nitrogen and oxygen atoms in total. The van der Waals surface area contributed by atoms with Crippen LogP contribution >= 0.6 is 0 Å². The highest BCUT2D eigenvalue weighted by atomic mass is 15.3. The first kappa shape index (κ1) is 13.9. The molecule has 1 aromatic rings. The van der Waals surface area contributed by atoms with Crippen molar-refractivity contribution in [3.63, 3.8) is 0 Å². The molecular weight excluding hydrogens is 238 g/mol. The molecule has 0 spiro atoms. The second-order valence-corrected chi connectivity index (χ2v) is 4.91. The van der Waals surface area contributed by atoms with Gasteiger partial charge in [0.05, 0.1) is 18.7 Å². The summed E-state index contributed by atoms with van der Waals surface area (Å²) < 4.78 is 0. The van der Waals surface area contributed by atoms with Crippen molar-refractivity contribution in [1.82, 2.24) is 19.8 Å². The molecule has 19 heavy (non-hydrogen) atoms.